The predicted molar refractivity (Wildman–Crippen MR) is 122 cm³/mol. The fourth-order valence-electron chi connectivity index (χ4n) is 4.01. The number of aromatic nitrogens is 2. The van der Waals surface area contributed by atoms with Crippen LogP contribution in [0, 0.1) is 0 Å². The van der Waals surface area contributed by atoms with Crippen LogP contribution in [0.4, 0.5) is 5.82 Å². The molecule has 3 aromatic rings. The van der Waals surface area contributed by atoms with Gasteiger partial charge in [0.2, 0.25) is 0 Å². The quantitative estimate of drug-likeness (QED) is 0.566. The maximum Gasteiger partial charge on any atom is 0.173 e. The molecular weight excluding hydrogens is 384 g/mol. The Bertz CT molecular complexity index is 972. The van der Waals surface area contributed by atoms with Gasteiger partial charge in [0.05, 0.1) is 10.3 Å². The molecule has 3 aromatic heterocycles. The molecule has 4 heterocycles. The van der Waals surface area contributed by atoms with Gasteiger partial charge in [0.25, 0.3) is 0 Å². The molecule has 1 fully saturated rings. The third kappa shape index (κ3) is 3.82. The van der Waals surface area contributed by atoms with Crippen molar-refractivity contribution in [2.24, 2.45) is 0 Å². The first-order chi connectivity index (χ1) is 13.2. The summed E-state index contributed by atoms with van der Waals surface area (Å²) in [5.41, 5.74) is 6.47. The molecule has 0 saturated carbocycles. The Hall–Kier alpha value is -1.50. The van der Waals surface area contributed by atoms with Crippen molar-refractivity contribution in [3.05, 3.63) is 28.0 Å². The van der Waals surface area contributed by atoms with Gasteiger partial charge >= 0.3 is 0 Å². The van der Waals surface area contributed by atoms with Crippen molar-refractivity contribution < 1.29 is 0 Å². The Morgan fingerprint density at radius 1 is 1.11 bits per heavy atom. The van der Waals surface area contributed by atoms with Gasteiger partial charge in [-0.2, -0.15) is 0 Å². The summed E-state index contributed by atoms with van der Waals surface area (Å²) in [5, 5.41) is 0.994. The number of anilines is 1. The van der Waals surface area contributed by atoms with Crippen LogP contribution in [0.15, 0.2) is 18.2 Å². The lowest BCUT2D eigenvalue weighted by atomic mass is 9.95. The Kier molecular flexibility index (Phi) is 5.23. The Morgan fingerprint density at radius 3 is 2.46 bits per heavy atom. The summed E-state index contributed by atoms with van der Waals surface area (Å²) in [7, 11) is 0. The van der Waals surface area contributed by atoms with Crippen molar-refractivity contribution in [3.63, 3.8) is 0 Å². The second kappa shape index (κ2) is 7.39. The highest BCUT2D eigenvalue weighted by Gasteiger charge is 2.25. The molecule has 0 aliphatic carbocycles. The molecule has 0 unspecified atom stereocenters. The number of rotatable bonds is 3. The topological polar surface area (TPSA) is 55.0 Å². The van der Waals surface area contributed by atoms with Crippen LogP contribution in [0.2, 0.25) is 0 Å². The maximum atomic E-state index is 6.33. The number of hydrogen-bond acceptors (Lipinski definition) is 6. The molecule has 4 rings (SSSR count). The van der Waals surface area contributed by atoms with Gasteiger partial charge in [-0.05, 0) is 50.3 Å². The molecule has 0 radical (unpaired) electrons. The predicted octanol–water partition coefficient (Wildman–Crippen LogP) is 6.06. The van der Waals surface area contributed by atoms with Crippen LogP contribution in [-0.2, 0) is 12.0 Å². The van der Waals surface area contributed by atoms with E-state index in [2.05, 4.69) is 62.7 Å². The van der Waals surface area contributed by atoms with E-state index >= 15 is 0 Å². The van der Waals surface area contributed by atoms with Crippen molar-refractivity contribution in [1.82, 2.24) is 14.9 Å². The Labute approximate surface area is 175 Å². The van der Waals surface area contributed by atoms with Crippen molar-refractivity contribution in [3.8, 4) is 10.7 Å². The summed E-state index contributed by atoms with van der Waals surface area (Å²) in [6.07, 6.45) is 3.91. The van der Waals surface area contributed by atoms with Crippen LogP contribution >= 0.6 is 22.7 Å². The van der Waals surface area contributed by atoms with E-state index in [-0.39, 0.29) is 5.41 Å². The van der Waals surface area contributed by atoms with Crippen LogP contribution in [0.3, 0.4) is 0 Å². The highest BCUT2D eigenvalue weighted by atomic mass is 32.1. The number of thiophene rings is 2. The van der Waals surface area contributed by atoms with Crippen molar-refractivity contribution >= 4 is 38.7 Å². The first-order valence-electron chi connectivity index (χ1n) is 10.1. The summed E-state index contributed by atoms with van der Waals surface area (Å²) < 4.78 is 0. The third-order valence-corrected chi connectivity index (χ3v) is 8.27. The summed E-state index contributed by atoms with van der Waals surface area (Å²) >= 11 is 3.52. The molecule has 1 aliphatic rings. The second-order valence-corrected chi connectivity index (χ2v) is 11.3. The number of fused-ring (bicyclic) bond motifs is 1. The minimum atomic E-state index is 0.135. The van der Waals surface area contributed by atoms with Crippen LogP contribution < -0.4 is 5.73 Å². The molecule has 28 heavy (non-hydrogen) atoms. The monoisotopic (exact) mass is 414 g/mol. The van der Waals surface area contributed by atoms with Crippen molar-refractivity contribution in [2.45, 2.75) is 77.9 Å². The van der Waals surface area contributed by atoms with Gasteiger partial charge in [0, 0.05) is 28.4 Å². The first-order valence-corrected chi connectivity index (χ1v) is 11.8. The third-order valence-electron chi connectivity index (χ3n) is 5.75. The summed E-state index contributed by atoms with van der Waals surface area (Å²) in [4.78, 5) is 16.9. The number of nitrogen functional groups attached to an aromatic ring is 1. The van der Waals surface area contributed by atoms with E-state index in [1.165, 1.54) is 29.0 Å². The van der Waals surface area contributed by atoms with Crippen LogP contribution in [0.1, 0.15) is 63.6 Å². The number of piperidine rings is 1. The van der Waals surface area contributed by atoms with Crippen LogP contribution in [-0.4, -0.2) is 27.0 Å². The second-order valence-electron chi connectivity index (χ2n) is 9.08. The van der Waals surface area contributed by atoms with Crippen molar-refractivity contribution in [1.29, 1.82) is 0 Å². The number of hydrogen-bond donors (Lipinski definition) is 1. The van der Waals surface area contributed by atoms with Gasteiger partial charge < -0.3 is 5.73 Å². The molecule has 150 valence electrons. The first kappa shape index (κ1) is 19.8. The molecule has 1 aliphatic heterocycles. The molecule has 0 bridgehead atoms. The molecule has 6 heteroatoms. The fourth-order valence-corrected chi connectivity index (χ4v) is 6.05. The van der Waals surface area contributed by atoms with E-state index < -0.39 is 0 Å². The Morgan fingerprint density at radius 2 is 1.82 bits per heavy atom. The lowest BCUT2D eigenvalue weighted by Gasteiger charge is -2.38. The Balaban J connectivity index is 1.65. The normalized spacial score (nSPS) is 21.5. The zero-order chi connectivity index (χ0) is 20.1. The zero-order valence-corrected chi connectivity index (χ0v) is 19.1. The van der Waals surface area contributed by atoms with Crippen molar-refractivity contribution in [2.75, 3.05) is 5.73 Å². The standard InChI is InChI=1S/C22H30N4S2/c1-13-7-6-8-14(2)26(13)12-15-11-16-19(23)24-20(25-21(16)27-15)17-9-10-18(28-17)22(3,4)5/h9-11,13-14H,6-8,12H2,1-5H3,(H2,23,24,25)/t13-,14+. The number of likely N-dealkylation sites (tertiary alicyclic amines) is 1. The van der Waals surface area contributed by atoms with E-state index in [9.17, 15) is 0 Å². The molecule has 4 nitrogen and oxygen atoms in total. The van der Waals surface area contributed by atoms with Gasteiger partial charge in [-0.1, -0.05) is 27.2 Å². The van der Waals surface area contributed by atoms with Gasteiger partial charge in [-0.25, -0.2) is 9.97 Å². The lowest BCUT2D eigenvalue weighted by Crippen LogP contribution is -2.42. The molecule has 0 amide bonds. The van der Waals surface area contributed by atoms with E-state index in [0.29, 0.717) is 17.9 Å². The fraction of sp³-hybridized carbons (Fsp3) is 0.545. The highest BCUT2D eigenvalue weighted by Crippen LogP contribution is 2.37. The molecule has 2 atom stereocenters. The largest absolute Gasteiger partial charge is 0.383 e. The molecule has 2 N–H and O–H groups in total. The average molecular weight is 415 g/mol. The smallest absolute Gasteiger partial charge is 0.173 e. The van der Waals surface area contributed by atoms with Gasteiger partial charge in [-0.3, -0.25) is 4.90 Å². The molecule has 0 aromatic carbocycles. The van der Waals surface area contributed by atoms with Gasteiger partial charge in [0.15, 0.2) is 5.82 Å². The highest BCUT2D eigenvalue weighted by molar-refractivity contribution is 7.18. The summed E-state index contributed by atoms with van der Waals surface area (Å²) in [5.74, 6) is 1.34. The average Bonchev–Trinajstić information content (AvgIpc) is 3.25. The molecule has 0 spiro atoms. The minimum Gasteiger partial charge on any atom is -0.383 e. The molecular formula is C22H30N4S2. The lowest BCUT2D eigenvalue weighted by molar-refractivity contribution is 0.0965. The summed E-state index contributed by atoms with van der Waals surface area (Å²) in [6, 6.07) is 7.77. The summed E-state index contributed by atoms with van der Waals surface area (Å²) in [6.45, 7) is 12.4. The maximum absolute atomic E-state index is 6.33. The van der Waals surface area contributed by atoms with Crippen LogP contribution in [0.25, 0.3) is 20.9 Å². The minimum absolute atomic E-state index is 0.135. The number of nitrogens with two attached hydrogens (primary N) is 1. The van der Waals surface area contributed by atoms with Gasteiger partial charge in [0.1, 0.15) is 10.6 Å². The SMILES string of the molecule is C[C@@H]1CCC[C@H](C)N1Cc1cc2c(N)nc(-c3ccc(C(C)(C)C)s3)nc2s1. The van der Waals surface area contributed by atoms with E-state index in [1.807, 2.05) is 0 Å². The zero-order valence-electron chi connectivity index (χ0n) is 17.5. The van der Waals surface area contributed by atoms with E-state index in [1.54, 1.807) is 22.7 Å². The molecule has 1 saturated heterocycles. The number of nitrogens with zero attached hydrogens (tertiary/aromatic N) is 3. The van der Waals surface area contributed by atoms with E-state index in [0.717, 1.165) is 27.5 Å². The van der Waals surface area contributed by atoms with Gasteiger partial charge in [-0.15, -0.1) is 22.7 Å². The van der Waals surface area contributed by atoms with Crippen LogP contribution in [0.5, 0.6) is 0 Å². The van der Waals surface area contributed by atoms with E-state index in [4.69, 9.17) is 10.7 Å².